The number of carbonyl (C=O) groups excluding carboxylic acids is 3. The van der Waals surface area contributed by atoms with Crippen molar-refractivity contribution in [1.82, 2.24) is 15.1 Å². The fraction of sp³-hybridized carbons (Fsp3) is 0.640. The first kappa shape index (κ1) is 26.1. The summed E-state index contributed by atoms with van der Waals surface area (Å²) >= 11 is 5.56. The van der Waals surface area contributed by atoms with E-state index in [0.29, 0.717) is 51.5 Å². The predicted molar refractivity (Wildman–Crippen MR) is 133 cm³/mol. The van der Waals surface area contributed by atoms with Gasteiger partial charge < -0.3 is 25.2 Å². The second-order valence-electron chi connectivity index (χ2n) is 10.2. The lowest BCUT2D eigenvalue weighted by molar-refractivity contribution is -0.139. The second kappa shape index (κ2) is 11.3. The molecule has 34 heavy (non-hydrogen) atoms. The Kier molecular flexibility index (Phi) is 8.68. The molecule has 1 aromatic carbocycles. The molecular weight excluding hydrogens is 456 g/mol. The molecule has 3 amide bonds. The average Bonchev–Trinajstić information content (AvgIpc) is 2.82. The molecule has 0 aliphatic carbocycles. The molecule has 0 radical (unpaired) electrons. The largest absolute Gasteiger partial charge is 0.444 e. The van der Waals surface area contributed by atoms with Gasteiger partial charge in [0.2, 0.25) is 11.8 Å². The van der Waals surface area contributed by atoms with Crippen LogP contribution in [0.1, 0.15) is 46.5 Å². The Morgan fingerprint density at radius 3 is 2.21 bits per heavy atom. The number of piperidine rings is 2. The Bertz CT molecular complexity index is 842. The number of alkyl halides is 1. The number of hydrogen-bond acceptors (Lipinski definition) is 5. The van der Waals surface area contributed by atoms with Gasteiger partial charge in [0.15, 0.2) is 0 Å². The standard InChI is InChI=1S/C25H37ClN4O4/c1-24(2,3)34-23(33)30-15-11-25(12-16-30,28-20-7-5-4-6-8-20)22(32)29-13-9-19(10-14-29)18-27-21(31)17-26/h4-8,19,28H,9-18H2,1-3H3,(H,27,31). The highest BCUT2D eigenvalue weighted by atomic mass is 35.5. The van der Waals surface area contributed by atoms with E-state index < -0.39 is 11.1 Å². The molecule has 2 heterocycles. The van der Waals surface area contributed by atoms with Crippen LogP contribution in [0.3, 0.4) is 0 Å². The monoisotopic (exact) mass is 492 g/mol. The van der Waals surface area contributed by atoms with Crippen LogP contribution in [-0.4, -0.2) is 77.5 Å². The van der Waals surface area contributed by atoms with Crippen LogP contribution in [0.15, 0.2) is 30.3 Å². The van der Waals surface area contributed by atoms with Gasteiger partial charge in [0.05, 0.1) is 0 Å². The third kappa shape index (κ3) is 7.01. The van der Waals surface area contributed by atoms with Gasteiger partial charge in [0.1, 0.15) is 17.0 Å². The number of amides is 3. The Hall–Kier alpha value is -2.48. The molecule has 1 aromatic rings. The minimum atomic E-state index is -0.778. The highest BCUT2D eigenvalue weighted by Crippen LogP contribution is 2.31. The van der Waals surface area contributed by atoms with E-state index in [0.717, 1.165) is 18.5 Å². The molecule has 2 N–H and O–H groups in total. The van der Waals surface area contributed by atoms with E-state index in [2.05, 4.69) is 10.6 Å². The molecule has 3 rings (SSSR count). The summed E-state index contributed by atoms with van der Waals surface area (Å²) in [6.45, 7) is 8.33. The van der Waals surface area contributed by atoms with Crippen molar-refractivity contribution in [3.05, 3.63) is 30.3 Å². The lowest BCUT2D eigenvalue weighted by Gasteiger charge is -2.45. The van der Waals surface area contributed by atoms with E-state index in [1.807, 2.05) is 56.0 Å². The number of hydrogen-bond donors (Lipinski definition) is 2. The zero-order valence-corrected chi connectivity index (χ0v) is 21.2. The third-order valence-corrected chi connectivity index (χ3v) is 6.69. The van der Waals surface area contributed by atoms with Gasteiger partial charge in [-0.15, -0.1) is 11.6 Å². The Labute approximate surface area is 207 Å². The SMILES string of the molecule is CC(C)(C)OC(=O)N1CCC(Nc2ccccc2)(C(=O)N2CCC(CNC(=O)CCl)CC2)CC1. The Morgan fingerprint density at radius 1 is 1.03 bits per heavy atom. The quantitative estimate of drug-likeness (QED) is 0.593. The van der Waals surface area contributed by atoms with Crippen LogP contribution < -0.4 is 10.6 Å². The Morgan fingerprint density at radius 2 is 1.65 bits per heavy atom. The first-order valence-electron chi connectivity index (χ1n) is 12.0. The molecule has 8 nitrogen and oxygen atoms in total. The van der Waals surface area contributed by atoms with Crippen LogP contribution in [0.4, 0.5) is 10.5 Å². The fourth-order valence-corrected chi connectivity index (χ4v) is 4.63. The van der Waals surface area contributed by atoms with Gasteiger partial charge in [-0.3, -0.25) is 9.59 Å². The summed E-state index contributed by atoms with van der Waals surface area (Å²) in [5, 5.41) is 6.36. The van der Waals surface area contributed by atoms with E-state index >= 15 is 0 Å². The maximum Gasteiger partial charge on any atom is 0.410 e. The molecular formula is C25H37ClN4O4. The zero-order valence-electron chi connectivity index (χ0n) is 20.4. The lowest BCUT2D eigenvalue weighted by Crippen LogP contribution is -2.61. The topological polar surface area (TPSA) is 91.0 Å². The van der Waals surface area contributed by atoms with Gasteiger partial charge >= 0.3 is 6.09 Å². The highest BCUT2D eigenvalue weighted by Gasteiger charge is 2.45. The zero-order chi connectivity index (χ0) is 24.8. The minimum absolute atomic E-state index is 0.0364. The number of nitrogens with one attached hydrogen (secondary N) is 2. The van der Waals surface area contributed by atoms with Crippen molar-refractivity contribution < 1.29 is 19.1 Å². The summed E-state index contributed by atoms with van der Waals surface area (Å²) in [5.74, 6) is 0.209. The molecule has 2 fully saturated rings. The van der Waals surface area contributed by atoms with Gasteiger partial charge in [0, 0.05) is 38.4 Å². The van der Waals surface area contributed by atoms with Crippen LogP contribution in [0.2, 0.25) is 0 Å². The maximum atomic E-state index is 13.8. The minimum Gasteiger partial charge on any atom is -0.444 e. The molecule has 0 aromatic heterocycles. The van der Waals surface area contributed by atoms with Gasteiger partial charge in [-0.25, -0.2) is 4.79 Å². The summed E-state index contributed by atoms with van der Waals surface area (Å²) < 4.78 is 5.53. The van der Waals surface area contributed by atoms with Crippen molar-refractivity contribution in [3.63, 3.8) is 0 Å². The molecule has 2 aliphatic rings. The predicted octanol–water partition coefficient (Wildman–Crippen LogP) is 3.46. The summed E-state index contributed by atoms with van der Waals surface area (Å²) in [6.07, 6.45) is 2.34. The van der Waals surface area contributed by atoms with Gasteiger partial charge in [0.25, 0.3) is 0 Å². The van der Waals surface area contributed by atoms with Crippen molar-refractivity contribution in [1.29, 1.82) is 0 Å². The molecule has 2 aliphatic heterocycles. The van der Waals surface area contributed by atoms with Crippen LogP contribution in [0.25, 0.3) is 0 Å². The van der Waals surface area contributed by atoms with E-state index in [-0.39, 0.29) is 23.8 Å². The summed E-state index contributed by atoms with van der Waals surface area (Å²) in [4.78, 5) is 41.5. The number of rotatable bonds is 6. The normalized spacial score (nSPS) is 18.8. The van der Waals surface area contributed by atoms with Crippen molar-refractivity contribution >= 4 is 35.2 Å². The Balaban J connectivity index is 1.66. The molecule has 188 valence electrons. The average molecular weight is 493 g/mol. The molecule has 0 bridgehead atoms. The van der Waals surface area contributed by atoms with E-state index in [1.54, 1.807) is 4.90 Å². The molecule has 0 saturated carbocycles. The van der Waals surface area contributed by atoms with E-state index in [9.17, 15) is 14.4 Å². The molecule has 2 saturated heterocycles. The van der Waals surface area contributed by atoms with Crippen LogP contribution in [-0.2, 0) is 14.3 Å². The fourth-order valence-electron chi connectivity index (χ4n) is 4.54. The lowest BCUT2D eigenvalue weighted by atomic mass is 9.84. The number of benzene rings is 1. The molecule has 0 atom stereocenters. The van der Waals surface area contributed by atoms with Crippen LogP contribution in [0.5, 0.6) is 0 Å². The summed E-state index contributed by atoms with van der Waals surface area (Å²) in [6, 6.07) is 9.74. The van der Waals surface area contributed by atoms with Gasteiger partial charge in [-0.1, -0.05) is 18.2 Å². The van der Waals surface area contributed by atoms with Gasteiger partial charge in [-0.2, -0.15) is 0 Å². The van der Waals surface area contributed by atoms with Crippen LogP contribution in [0, 0.1) is 5.92 Å². The number of para-hydroxylation sites is 1. The second-order valence-corrected chi connectivity index (χ2v) is 10.5. The van der Waals surface area contributed by atoms with Crippen molar-refractivity contribution in [2.45, 2.75) is 57.6 Å². The third-order valence-electron chi connectivity index (χ3n) is 6.45. The van der Waals surface area contributed by atoms with E-state index in [4.69, 9.17) is 16.3 Å². The smallest absolute Gasteiger partial charge is 0.410 e. The number of likely N-dealkylation sites (tertiary alicyclic amines) is 2. The van der Waals surface area contributed by atoms with Crippen molar-refractivity contribution in [2.24, 2.45) is 5.92 Å². The first-order chi connectivity index (χ1) is 16.1. The van der Waals surface area contributed by atoms with Crippen LogP contribution >= 0.6 is 11.6 Å². The molecule has 0 spiro atoms. The maximum absolute atomic E-state index is 13.8. The first-order valence-corrected chi connectivity index (χ1v) is 12.6. The van der Waals surface area contributed by atoms with Crippen molar-refractivity contribution in [3.8, 4) is 0 Å². The number of nitrogens with zero attached hydrogens (tertiary/aromatic N) is 2. The highest BCUT2D eigenvalue weighted by molar-refractivity contribution is 6.27. The number of anilines is 1. The number of halogens is 1. The number of ether oxygens (including phenoxy) is 1. The molecule has 9 heteroatoms. The molecule has 0 unspecified atom stereocenters. The van der Waals surface area contributed by atoms with E-state index in [1.165, 1.54) is 0 Å². The number of carbonyl (C=O) groups is 3. The van der Waals surface area contributed by atoms with Crippen molar-refractivity contribution in [2.75, 3.05) is 43.9 Å². The van der Waals surface area contributed by atoms with Gasteiger partial charge in [-0.05, 0) is 64.5 Å². The summed E-state index contributed by atoms with van der Waals surface area (Å²) in [5.41, 5.74) is -0.447. The summed E-state index contributed by atoms with van der Waals surface area (Å²) in [7, 11) is 0.